The van der Waals surface area contributed by atoms with Gasteiger partial charge in [0.25, 0.3) is 5.91 Å². The average molecular weight is 315 g/mol. The molecular formula is C17H21N3OS. The van der Waals surface area contributed by atoms with E-state index >= 15 is 0 Å². The van der Waals surface area contributed by atoms with Gasteiger partial charge in [0, 0.05) is 12.1 Å². The van der Waals surface area contributed by atoms with Gasteiger partial charge in [0.1, 0.15) is 9.88 Å². The number of nitrogens with one attached hydrogen (secondary N) is 2. The second-order valence-corrected chi connectivity index (χ2v) is 6.68. The largest absolute Gasteiger partial charge is 0.351 e. The Bertz CT molecular complexity index is 605. The van der Waals surface area contributed by atoms with Crippen molar-refractivity contribution in [3.8, 4) is 10.6 Å². The zero-order chi connectivity index (χ0) is 15.2. The molecule has 1 atom stereocenters. The third-order valence-electron chi connectivity index (χ3n) is 3.99. The molecule has 116 valence electrons. The van der Waals surface area contributed by atoms with Crippen LogP contribution in [0.4, 0.5) is 0 Å². The van der Waals surface area contributed by atoms with Gasteiger partial charge < -0.3 is 10.6 Å². The lowest BCUT2D eigenvalue weighted by atomic mass is 9.96. The molecule has 0 saturated carbocycles. The van der Waals surface area contributed by atoms with Crippen molar-refractivity contribution in [2.75, 3.05) is 19.6 Å². The second-order valence-electron chi connectivity index (χ2n) is 5.65. The van der Waals surface area contributed by atoms with Gasteiger partial charge in [0.05, 0.1) is 6.20 Å². The minimum absolute atomic E-state index is 0.0107. The van der Waals surface area contributed by atoms with Gasteiger partial charge in [-0.25, -0.2) is 4.98 Å². The highest BCUT2D eigenvalue weighted by atomic mass is 32.1. The van der Waals surface area contributed by atoms with Crippen LogP contribution in [0, 0.1) is 5.92 Å². The number of benzene rings is 1. The van der Waals surface area contributed by atoms with Crippen molar-refractivity contribution >= 4 is 17.2 Å². The van der Waals surface area contributed by atoms with Crippen molar-refractivity contribution in [2.24, 2.45) is 5.92 Å². The average Bonchev–Trinajstić information content (AvgIpc) is 3.07. The van der Waals surface area contributed by atoms with Crippen LogP contribution in [0.5, 0.6) is 0 Å². The highest BCUT2D eigenvalue weighted by Gasteiger charge is 2.14. The Morgan fingerprint density at radius 2 is 2.23 bits per heavy atom. The van der Waals surface area contributed by atoms with Crippen molar-refractivity contribution < 1.29 is 4.79 Å². The molecule has 3 rings (SSSR count). The van der Waals surface area contributed by atoms with Gasteiger partial charge in [0.2, 0.25) is 0 Å². The van der Waals surface area contributed by atoms with Crippen LogP contribution < -0.4 is 10.6 Å². The molecule has 1 fully saturated rings. The number of rotatable bonds is 5. The van der Waals surface area contributed by atoms with Crippen LogP contribution in [0.15, 0.2) is 36.5 Å². The summed E-state index contributed by atoms with van der Waals surface area (Å²) in [5, 5.41) is 7.31. The van der Waals surface area contributed by atoms with E-state index in [1.54, 1.807) is 6.20 Å². The van der Waals surface area contributed by atoms with Crippen molar-refractivity contribution in [3.05, 3.63) is 41.4 Å². The van der Waals surface area contributed by atoms with Gasteiger partial charge >= 0.3 is 0 Å². The van der Waals surface area contributed by atoms with E-state index in [-0.39, 0.29) is 5.91 Å². The first-order valence-corrected chi connectivity index (χ1v) is 8.65. The monoisotopic (exact) mass is 315 g/mol. The Balaban J connectivity index is 1.51. The van der Waals surface area contributed by atoms with E-state index in [1.165, 1.54) is 24.2 Å². The third-order valence-corrected chi connectivity index (χ3v) is 5.03. The fourth-order valence-corrected chi connectivity index (χ4v) is 3.58. The Hall–Kier alpha value is -1.72. The zero-order valence-corrected chi connectivity index (χ0v) is 13.4. The van der Waals surface area contributed by atoms with Crippen LogP contribution in [0.2, 0.25) is 0 Å². The Morgan fingerprint density at radius 3 is 3.00 bits per heavy atom. The molecule has 1 aromatic heterocycles. The molecule has 4 nitrogen and oxygen atoms in total. The van der Waals surface area contributed by atoms with E-state index in [0.717, 1.165) is 36.6 Å². The smallest absolute Gasteiger partial charge is 0.263 e. The molecule has 22 heavy (non-hydrogen) atoms. The number of aromatic nitrogens is 1. The fourth-order valence-electron chi connectivity index (χ4n) is 2.74. The maximum atomic E-state index is 12.2. The molecule has 1 aliphatic heterocycles. The molecular weight excluding hydrogens is 294 g/mol. The van der Waals surface area contributed by atoms with Crippen molar-refractivity contribution in [2.45, 2.75) is 19.3 Å². The van der Waals surface area contributed by atoms with E-state index < -0.39 is 0 Å². The molecule has 0 spiro atoms. The fraction of sp³-hybridized carbons (Fsp3) is 0.412. The molecule has 1 aliphatic rings. The molecule has 0 bridgehead atoms. The van der Waals surface area contributed by atoms with Crippen LogP contribution >= 0.6 is 11.3 Å². The molecule has 5 heteroatoms. The molecule has 1 saturated heterocycles. The Kier molecular flexibility index (Phi) is 5.19. The van der Waals surface area contributed by atoms with Gasteiger partial charge in [-0.15, -0.1) is 11.3 Å². The van der Waals surface area contributed by atoms with E-state index in [0.29, 0.717) is 10.8 Å². The van der Waals surface area contributed by atoms with Gasteiger partial charge in [-0.3, -0.25) is 4.79 Å². The normalized spacial score (nSPS) is 18.1. The number of piperidine rings is 1. The molecule has 2 heterocycles. The number of hydrogen-bond donors (Lipinski definition) is 2. The van der Waals surface area contributed by atoms with Crippen LogP contribution in [0.3, 0.4) is 0 Å². The van der Waals surface area contributed by atoms with Crippen LogP contribution in [-0.4, -0.2) is 30.5 Å². The Labute approximate surface area is 135 Å². The second kappa shape index (κ2) is 7.51. The number of carbonyl (C=O) groups is 1. The van der Waals surface area contributed by atoms with Crippen LogP contribution in [0.1, 0.15) is 28.9 Å². The maximum Gasteiger partial charge on any atom is 0.263 e. The number of amides is 1. The summed E-state index contributed by atoms with van der Waals surface area (Å²) in [6.07, 6.45) is 5.23. The lowest BCUT2D eigenvalue weighted by molar-refractivity contribution is 0.0954. The van der Waals surface area contributed by atoms with E-state index in [2.05, 4.69) is 15.6 Å². The quantitative estimate of drug-likeness (QED) is 0.892. The molecule has 0 aliphatic carbocycles. The topological polar surface area (TPSA) is 54.0 Å². The van der Waals surface area contributed by atoms with Gasteiger partial charge in [-0.1, -0.05) is 30.3 Å². The van der Waals surface area contributed by atoms with Gasteiger partial charge in [0.15, 0.2) is 0 Å². The number of hydrogen-bond acceptors (Lipinski definition) is 4. The summed E-state index contributed by atoms with van der Waals surface area (Å²) in [5.74, 6) is 0.679. The summed E-state index contributed by atoms with van der Waals surface area (Å²) in [4.78, 5) is 17.2. The highest BCUT2D eigenvalue weighted by molar-refractivity contribution is 7.16. The highest BCUT2D eigenvalue weighted by Crippen LogP contribution is 2.24. The van der Waals surface area contributed by atoms with E-state index in [4.69, 9.17) is 0 Å². The standard InChI is InChI=1S/C17H21N3OS/c21-16(19-10-8-13-5-4-9-18-11-13)15-12-20-17(22-15)14-6-2-1-3-7-14/h1-3,6-7,12-13,18H,4-5,8-11H2,(H,19,21). The van der Waals surface area contributed by atoms with E-state index in [1.807, 2.05) is 30.3 Å². The molecule has 1 amide bonds. The van der Waals surface area contributed by atoms with E-state index in [9.17, 15) is 4.79 Å². The third kappa shape index (κ3) is 3.93. The summed E-state index contributed by atoms with van der Waals surface area (Å²) >= 11 is 1.44. The Morgan fingerprint density at radius 1 is 1.36 bits per heavy atom. The van der Waals surface area contributed by atoms with Gasteiger partial charge in [-0.05, 0) is 38.3 Å². The summed E-state index contributed by atoms with van der Waals surface area (Å²) in [7, 11) is 0. The zero-order valence-electron chi connectivity index (χ0n) is 12.5. The summed E-state index contributed by atoms with van der Waals surface area (Å²) in [6, 6.07) is 9.96. The van der Waals surface area contributed by atoms with Gasteiger partial charge in [-0.2, -0.15) is 0 Å². The first kappa shape index (κ1) is 15.2. The first-order chi connectivity index (χ1) is 10.8. The minimum Gasteiger partial charge on any atom is -0.351 e. The molecule has 2 N–H and O–H groups in total. The minimum atomic E-state index is -0.0107. The van der Waals surface area contributed by atoms with Crippen molar-refractivity contribution in [1.29, 1.82) is 0 Å². The number of carbonyl (C=O) groups excluding carboxylic acids is 1. The SMILES string of the molecule is O=C(NCCC1CCCNC1)c1cnc(-c2ccccc2)s1. The molecule has 1 aromatic carbocycles. The number of nitrogens with zero attached hydrogens (tertiary/aromatic N) is 1. The molecule has 1 unspecified atom stereocenters. The molecule has 2 aromatic rings. The molecule has 0 radical (unpaired) electrons. The van der Waals surface area contributed by atoms with Crippen molar-refractivity contribution in [1.82, 2.24) is 15.6 Å². The van der Waals surface area contributed by atoms with Crippen LogP contribution in [0.25, 0.3) is 10.6 Å². The van der Waals surface area contributed by atoms with Crippen molar-refractivity contribution in [3.63, 3.8) is 0 Å². The lowest BCUT2D eigenvalue weighted by Crippen LogP contribution is -2.33. The lowest BCUT2D eigenvalue weighted by Gasteiger charge is -2.22. The summed E-state index contributed by atoms with van der Waals surface area (Å²) in [6.45, 7) is 2.95. The summed E-state index contributed by atoms with van der Waals surface area (Å²) < 4.78 is 0. The predicted molar refractivity (Wildman–Crippen MR) is 90.1 cm³/mol. The summed E-state index contributed by atoms with van der Waals surface area (Å²) in [5.41, 5.74) is 1.06. The first-order valence-electron chi connectivity index (χ1n) is 7.83. The number of thiazole rings is 1. The van der Waals surface area contributed by atoms with Crippen LogP contribution in [-0.2, 0) is 0 Å². The predicted octanol–water partition coefficient (Wildman–Crippen LogP) is 2.93. The maximum absolute atomic E-state index is 12.2.